The summed E-state index contributed by atoms with van der Waals surface area (Å²) >= 11 is 0. The maximum absolute atomic E-state index is 2.29. The molecule has 0 aliphatic carbocycles. The zero-order chi connectivity index (χ0) is 19.3. The largest absolute Gasteiger partial charge is 1.00 e. The van der Waals surface area contributed by atoms with Crippen LogP contribution >= 0.6 is 0 Å². The minimum atomic E-state index is 0. The fourth-order valence-corrected chi connectivity index (χ4v) is 3.17. The second kappa shape index (κ2) is 22.0. The second-order valence-corrected chi connectivity index (χ2v) is 8.76. The highest BCUT2D eigenvalue weighted by Crippen LogP contribution is 2.13. The predicted molar refractivity (Wildman–Crippen MR) is 120 cm³/mol. The summed E-state index contributed by atoms with van der Waals surface area (Å²) in [5, 5.41) is 0. The van der Waals surface area contributed by atoms with Crippen molar-refractivity contribution in [1.29, 1.82) is 0 Å². The molecule has 0 bridgehead atoms. The minimum Gasteiger partial charge on any atom is -1.00 e. The molecule has 1 aromatic carbocycles. The summed E-state index contributed by atoms with van der Waals surface area (Å²) in [5.74, 6) is 0. The molecular weight excluding hydrogens is 394 g/mol. The molecule has 1 aromatic rings. The third-order valence-corrected chi connectivity index (χ3v) is 4.85. The Morgan fingerprint density at radius 3 is 0.963 bits per heavy atom. The summed E-state index contributed by atoms with van der Waals surface area (Å²) in [6.45, 7) is 3.63. The summed E-state index contributed by atoms with van der Waals surface area (Å²) in [6.07, 6.45) is 20.4. The van der Waals surface area contributed by atoms with Crippen molar-refractivity contribution in [2.45, 2.75) is 96.8 Å². The van der Waals surface area contributed by atoms with Crippen molar-refractivity contribution in [3.63, 3.8) is 0 Å². The minimum absolute atomic E-state index is 0. The van der Waals surface area contributed by atoms with Crippen molar-refractivity contribution in [3.05, 3.63) is 36.4 Å². The van der Waals surface area contributed by atoms with Gasteiger partial charge in [-0.2, -0.15) is 0 Å². The average molecular weight is 443 g/mol. The Labute approximate surface area is 182 Å². The highest BCUT2D eigenvalue weighted by molar-refractivity contribution is 4.99. The zero-order valence-corrected chi connectivity index (χ0v) is 20.5. The van der Waals surface area contributed by atoms with Gasteiger partial charge in [-0.15, -0.1) is 0 Å². The molecule has 2 heteroatoms. The van der Waals surface area contributed by atoms with E-state index in [0.717, 1.165) is 4.48 Å². The number of hydrogen-bond donors (Lipinski definition) is 0. The van der Waals surface area contributed by atoms with E-state index in [1.165, 1.54) is 96.4 Å². The van der Waals surface area contributed by atoms with Gasteiger partial charge in [0, 0.05) is 0 Å². The smallest absolute Gasteiger partial charge is 0.0780 e. The number of rotatable bonds is 15. The first-order chi connectivity index (χ1) is 12.6. The van der Waals surface area contributed by atoms with Gasteiger partial charge < -0.3 is 21.5 Å². The maximum Gasteiger partial charge on any atom is 0.0780 e. The van der Waals surface area contributed by atoms with E-state index in [4.69, 9.17) is 0 Å². The van der Waals surface area contributed by atoms with E-state index in [-0.39, 0.29) is 17.0 Å². The molecule has 0 atom stereocenters. The molecule has 0 aliphatic heterocycles. The molecule has 160 valence electrons. The molecule has 0 aliphatic rings. The first kappa shape index (κ1) is 28.9. The van der Waals surface area contributed by atoms with Gasteiger partial charge in [-0.3, -0.25) is 0 Å². The van der Waals surface area contributed by atoms with E-state index in [2.05, 4.69) is 28.1 Å². The molecule has 1 rings (SSSR count). The number of halogens is 1. The SMILES string of the molecule is CCCCCCCCCCCCCCCC[N+](C)(C)C.[Br-].c1ccccc1. The Morgan fingerprint density at radius 1 is 0.444 bits per heavy atom. The Bertz CT molecular complexity index is 332. The summed E-state index contributed by atoms with van der Waals surface area (Å²) in [7, 11) is 6.88. The topological polar surface area (TPSA) is 0 Å². The molecule has 0 amide bonds. The third kappa shape index (κ3) is 28.0. The van der Waals surface area contributed by atoms with Gasteiger partial charge in [0.25, 0.3) is 0 Å². The van der Waals surface area contributed by atoms with E-state index < -0.39 is 0 Å². The number of unbranched alkanes of at least 4 members (excludes halogenated alkanes) is 13. The molecule has 0 N–H and O–H groups in total. The molecule has 0 spiro atoms. The van der Waals surface area contributed by atoms with Gasteiger partial charge in [0.05, 0.1) is 27.7 Å². The van der Waals surface area contributed by atoms with Crippen molar-refractivity contribution >= 4 is 0 Å². The lowest BCUT2D eigenvalue weighted by molar-refractivity contribution is -0.870. The van der Waals surface area contributed by atoms with Crippen LogP contribution in [0.25, 0.3) is 0 Å². The normalized spacial score (nSPS) is 10.7. The van der Waals surface area contributed by atoms with Crippen molar-refractivity contribution in [2.75, 3.05) is 27.7 Å². The summed E-state index contributed by atoms with van der Waals surface area (Å²) in [6, 6.07) is 12.0. The van der Waals surface area contributed by atoms with Gasteiger partial charge in [-0.05, 0) is 12.8 Å². The number of quaternary nitrogens is 1. The molecule has 1 nitrogen and oxygen atoms in total. The molecule has 0 radical (unpaired) electrons. The monoisotopic (exact) mass is 441 g/mol. The summed E-state index contributed by atoms with van der Waals surface area (Å²) in [5.41, 5.74) is 0. The number of nitrogens with zero attached hydrogens (tertiary/aromatic N) is 1. The molecule has 0 aromatic heterocycles. The number of benzene rings is 1. The van der Waals surface area contributed by atoms with Crippen LogP contribution in [0.15, 0.2) is 36.4 Å². The third-order valence-electron chi connectivity index (χ3n) is 4.85. The molecule has 0 saturated heterocycles. The summed E-state index contributed by atoms with van der Waals surface area (Å²) in [4.78, 5) is 0. The molecule has 27 heavy (non-hydrogen) atoms. The fourth-order valence-electron chi connectivity index (χ4n) is 3.17. The standard InChI is InChI=1S/C19H42N.C6H6.BrH/c1-5-6-7-8-9-10-11-12-13-14-15-16-17-18-19-20(2,3)4;1-2-4-6-5-3-1;/h5-19H2,1-4H3;1-6H;1H/q+1;;/p-1. The first-order valence-electron chi connectivity index (χ1n) is 11.4. The second-order valence-electron chi connectivity index (χ2n) is 8.76. The predicted octanol–water partition coefficient (Wildman–Crippen LogP) is 4.86. The molecule has 0 unspecified atom stereocenters. The van der Waals surface area contributed by atoms with Gasteiger partial charge in [0.15, 0.2) is 0 Å². The van der Waals surface area contributed by atoms with Crippen molar-refractivity contribution < 1.29 is 21.5 Å². The van der Waals surface area contributed by atoms with Crippen molar-refractivity contribution in [2.24, 2.45) is 0 Å². The van der Waals surface area contributed by atoms with Crippen LogP contribution in [0.2, 0.25) is 0 Å². The Kier molecular flexibility index (Phi) is 23.5. The van der Waals surface area contributed by atoms with Gasteiger partial charge in [-0.1, -0.05) is 120 Å². The van der Waals surface area contributed by atoms with Gasteiger partial charge in [0.2, 0.25) is 0 Å². The van der Waals surface area contributed by atoms with Gasteiger partial charge >= 0.3 is 0 Å². The molecular formula is C25H48BrN. The quantitative estimate of drug-likeness (QED) is 0.269. The summed E-state index contributed by atoms with van der Waals surface area (Å²) < 4.78 is 1.12. The van der Waals surface area contributed by atoms with Gasteiger partial charge in [0.1, 0.15) is 0 Å². The molecule has 0 fully saturated rings. The Hall–Kier alpha value is -0.340. The first-order valence-corrected chi connectivity index (χ1v) is 11.4. The maximum atomic E-state index is 2.29. The van der Waals surface area contributed by atoms with Crippen LogP contribution in [0.1, 0.15) is 96.8 Å². The van der Waals surface area contributed by atoms with Crippen molar-refractivity contribution in [3.8, 4) is 0 Å². The van der Waals surface area contributed by atoms with Crippen LogP contribution < -0.4 is 17.0 Å². The van der Waals surface area contributed by atoms with Crippen LogP contribution in [-0.2, 0) is 0 Å². The zero-order valence-electron chi connectivity index (χ0n) is 18.9. The highest BCUT2D eigenvalue weighted by atomic mass is 79.9. The lowest BCUT2D eigenvalue weighted by Gasteiger charge is -2.23. The average Bonchev–Trinajstić information content (AvgIpc) is 2.63. The van der Waals surface area contributed by atoms with Crippen LogP contribution in [-0.4, -0.2) is 32.2 Å². The van der Waals surface area contributed by atoms with Crippen LogP contribution in [0.4, 0.5) is 0 Å². The van der Waals surface area contributed by atoms with E-state index in [1.54, 1.807) is 0 Å². The lowest BCUT2D eigenvalue weighted by atomic mass is 10.0. The van der Waals surface area contributed by atoms with Crippen LogP contribution in [0.3, 0.4) is 0 Å². The van der Waals surface area contributed by atoms with Crippen molar-refractivity contribution in [1.82, 2.24) is 0 Å². The Balaban J connectivity index is 0. The van der Waals surface area contributed by atoms with E-state index in [0.29, 0.717) is 0 Å². The Morgan fingerprint density at radius 2 is 0.704 bits per heavy atom. The van der Waals surface area contributed by atoms with E-state index in [1.807, 2.05) is 36.4 Å². The molecule has 0 heterocycles. The fraction of sp³-hybridized carbons (Fsp3) is 0.760. The molecule has 0 saturated carbocycles. The van der Waals surface area contributed by atoms with Gasteiger partial charge in [-0.25, -0.2) is 0 Å². The van der Waals surface area contributed by atoms with E-state index >= 15 is 0 Å². The number of hydrogen-bond acceptors (Lipinski definition) is 0. The highest BCUT2D eigenvalue weighted by Gasteiger charge is 2.04. The van der Waals surface area contributed by atoms with E-state index in [9.17, 15) is 0 Å². The van der Waals surface area contributed by atoms with Crippen LogP contribution in [0.5, 0.6) is 0 Å². The lowest BCUT2D eigenvalue weighted by Crippen LogP contribution is -3.00. The van der Waals surface area contributed by atoms with Crippen LogP contribution in [0, 0.1) is 0 Å².